The molecule has 0 fully saturated rings. The molecule has 0 spiro atoms. The fourth-order valence-electron chi connectivity index (χ4n) is 17.4. The molecule has 7 heterocycles. The van der Waals surface area contributed by atoms with E-state index in [0.29, 0.717) is 5.56 Å². The molecule has 0 aliphatic heterocycles. The van der Waals surface area contributed by atoms with Crippen molar-refractivity contribution in [3.05, 3.63) is 358 Å². The minimum Gasteiger partial charge on any atom is -0.309 e. The van der Waals surface area contributed by atoms with E-state index >= 15 is 0 Å². The first-order chi connectivity index (χ1) is 51.6. The maximum absolute atomic E-state index is 11.6. The molecule has 0 saturated carbocycles. The summed E-state index contributed by atoms with van der Waals surface area (Å²) in [7, 11) is 0. The number of nitriles is 1. The molecule has 0 radical (unpaired) electrons. The van der Waals surface area contributed by atoms with Gasteiger partial charge in [0.15, 0.2) is 0 Å². The van der Waals surface area contributed by atoms with Crippen molar-refractivity contribution in [2.45, 2.75) is 0 Å². The number of rotatable bonds is 9. The van der Waals surface area contributed by atoms with Crippen LogP contribution in [0.1, 0.15) is 5.56 Å². The van der Waals surface area contributed by atoms with E-state index in [2.05, 4.69) is 372 Å². The molecule has 104 heavy (non-hydrogen) atoms. The molecular formula is C96H58N8. The second kappa shape index (κ2) is 22.4. The summed E-state index contributed by atoms with van der Waals surface area (Å²) in [5, 5.41) is 26.0. The average Bonchev–Trinajstić information content (AvgIpc) is 1.58. The molecule has 0 saturated heterocycles. The second-order valence-electron chi connectivity index (χ2n) is 27.3. The molecule has 0 amide bonds. The molecule has 7 aromatic heterocycles. The zero-order valence-corrected chi connectivity index (χ0v) is 56.1. The largest absolute Gasteiger partial charge is 0.309 e. The van der Waals surface area contributed by atoms with Gasteiger partial charge in [0, 0.05) is 128 Å². The van der Waals surface area contributed by atoms with E-state index in [1.807, 2.05) is 18.5 Å². The Balaban J connectivity index is 0.689. The van der Waals surface area contributed by atoms with Gasteiger partial charge in [0.2, 0.25) is 0 Å². The fraction of sp³-hybridized carbons (Fsp3) is 0. The maximum atomic E-state index is 11.6. The Morgan fingerprint density at radius 2 is 0.442 bits per heavy atom. The predicted octanol–water partition coefficient (Wildman–Crippen LogP) is 24.5. The number of pyridine rings is 1. The molecular weight excluding hydrogens is 1270 g/mol. The van der Waals surface area contributed by atoms with E-state index in [9.17, 15) is 5.26 Å². The molecule has 0 atom stereocenters. The number of hydrogen-bond acceptors (Lipinski definition) is 2. The van der Waals surface area contributed by atoms with Gasteiger partial charge in [-0.1, -0.05) is 176 Å². The van der Waals surface area contributed by atoms with Gasteiger partial charge in [-0.25, -0.2) is 0 Å². The van der Waals surface area contributed by atoms with Gasteiger partial charge < -0.3 is 27.4 Å². The molecule has 0 N–H and O–H groups in total. The summed E-state index contributed by atoms with van der Waals surface area (Å²) in [5.74, 6) is 0. The van der Waals surface area contributed by atoms with Crippen LogP contribution in [0.15, 0.2) is 352 Å². The van der Waals surface area contributed by atoms with Crippen LogP contribution in [-0.2, 0) is 0 Å². The molecule has 8 nitrogen and oxygen atoms in total. The van der Waals surface area contributed by atoms with E-state index in [1.54, 1.807) is 0 Å². The smallest absolute Gasteiger partial charge is 0.100 e. The van der Waals surface area contributed by atoms with E-state index < -0.39 is 0 Å². The van der Waals surface area contributed by atoms with Gasteiger partial charge in [-0.15, -0.1) is 0 Å². The van der Waals surface area contributed by atoms with Crippen LogP contribution in [0.25, 0.3) is 198 Å². The van der Waals surface area contributed by atoms with Gasteiger partial charge in [-0.05, 0) is 180 Å². The molecule has 8 heteroatoms. The lowest BCUT2D eigenvalue weighted by atomic mass is 9.88. The molecule has 0 bridgehead atoms. The average molecular weight is 1320 g/mol. The van der Waals surface area contributed by atoms with Gasteiger partial charge in [0.05, 0.1) is 71.8 Å². The highest BCUT2D eigenvalue weighted by molar-refractivity contribution is 6.17. The molecule has 22 rings (SSSR count). The van der Waals surface area contributed by atoms with Crippen LogP contribution in [0, 0.1) is 11.3 Å². The highest BCUT2D eigenvalue weighted by atomic mass is 15.0. The van der Waals surface area contributed by atoms with Crippen LogP contribution in [-0.4, -0.2) is 32.4 Å². The Bertz CT molecular complexity index is 6440. The third kappa shape index (κ3) is 8.44. The van der Waals surface area contributed by atoms with Crippen molar-refractivity contribution in [3.63, 3.8) is 0 Å². The first kappa shape index (κ1) is 57.6. The summed E-state index contributed by atoms with van der Waals surface area (Å²) in [6.07, 6.45) is 3.72. The zero-order chi connectivity index (χ0) is 68.3. The van der Waals surface area contributed by atoms with Crippen LogP contribution in [0.4, 0.5) is 0 Å². The lowest BCUT2D eigenvalue weighted by Crippen LogP contribution is -1.98. The van der Waals surface area contributed by atoms with Crippen LogP contribution in [0.3, 0.4) is 0 Å². The summed E-state index contributed by atoms with van der Waals surface area (Å²) in [4.78, 5) is 4.60. The SMILES string of the molecule is N#Cc1c(-c2ccc(-n3c4ccc(-n5c6ccccc6c6ccccc65)cc4c4cc(-n5c6ccccc6c6ccccc65)ccc43)cc2)cc(-c2cccnc2)cc1-c1ccc(-n2c3ccc(-n4c5ccccc5c5ccccc54)cc3c3cc(-n4c5ccccc5c5ccccc54)ccc32)cc1. The van der Waals surface area contributed by atoms with Crippen molar-refractivity contribution >= 4 is 131 Å². The van der Waals surface area contributed by atoms with E-state index in [4.69, 9.17) is 0 Å². The summed E-state index contributed by atoms with van der Waals surface area (Å²) < 4.78 is 14.4. The standard InChI is InChI=1S/C96H58N8/c97-58-84-78(60-35-39-64(40-36-60)99-93-47-43-66(101-85-27-9-1-19-70(85)71-20-2-10-28-86(71)101)54-80(93)81-55-67(44-48-94(81)99)102-87-29-11-3-21-72(87)73-22-4-12-30-88(73)102)52-63(62-18-17-51-98-59-62)53-79(84)61-37-41-65(42-38-61)100-95-49-45-68(103-89-31-13-5-23-74(89)75-24-6-14-32-90(75)103)56-82(95)83-57-69(46-50-96(83)100)104-91-33-15-7-25-76(91)77-26-8-16-34-92(77)104/h1-57,59H. The van der Waals surface area contributed by atoms with Crippen molar-refractivity contribution in [1.82, 2.24) is 32.4 Å². The van der Waals surface area contributed by atoms with Crippen molar-refractivity contribution in [1.29, 1.82) is 5.26 Å². The predicted molar refractivity (Wildman–Crippen MR) is 431 cm³/mol. The molecule has 0 aliphatic carbocycles. The van der Waals surface area contributed by atoms with Gasteiger partial charge in [0.25, 0.3) is 0 Å². The summed E-state index contributed by atoms with van der Waals surface area (Å²) in [5.41, 5.74) is 26.2. The maximum Gasteiger partial charge on any atom is 0.100 e. The third-order valence-electron chi connectivity index (χ3n) is 21.9. The lowest BCUT2D eigenvalue weighted by Gasteiger charge is -2.16. The first-order valence-corrected chi connectivity index (χ1v) is 35.4. The molecule has 0 unspecified atom stereocenters. The Kier molecular flexibility index (Phi) is 12.4. The van der Waals surface area contributed by atoms with Crippen molar-refractivity contribution in [3.8, 4) is 73.6 Å². The summed E-state index contributed by atoms with van der Waals surface area (Å²) in [6.45, 7) is 0. The van der Waals surface area contributed by atoms with Crippen LogP contribution in [0.5, 0.6) is 0 Å². The summed E-state index contributed by atoms with van der Waals surface area (Å²) >= 11 is 0. The normalized spacial score (nSPS) is 12.0. The van der Waals surface area contributed by atoms with E-state index in [1.165, 1.54) is 87.2 Å². The minimum atomic E-state index is 0.595. The number of nitrogens with zero attached hydrogens (tertiary/aromatic N) is 8. The van der Waals surface area contributed by atoms with Gasteiger partial charge in [-0.3, -0.25) is 4.98 Å². The number of benzene rings is 15. The highest BCUT2D eigenvalue weighted by Gasteiger charge is 2.24. The van der Waals surface area contributed by atoms with Crippen molar-refractivity contribution < 1.29 is 0 Å². The third-order valence-corrected chi connectivity index (χ3v) is 21.9. The Morgan fingerprint density at radius 1 is 0.202 bits per heavy atom. The Hall–Kier alpha value is -14.3. The van der Waals surface area contributed by atoms with Crippen molar-refractivity contribution in [2.24, 2.45) is 0 Å². The van der Waals surface area contributed by atoms with Crippen LogP contribution in [0.2, 0.25) is 0 Å². The van der Waals surface area contributed by atoms with Crippen molar-refractivity contribution in [2.75, 3.05) is 0 Å². The lowest BCUT2D eigenvalue weighted by molar-refractivity contribution is 1.16. The van der Waals surface area contributed by atoms with Gasteiger partial charge in [-0.2, -0.15) is 5.26 Å². The number of fused-ring (bicyclic) bond motifs is 18. The van der Waals surface area contributed by atoms with Gasteiger partial charge >= 0.3 is 0 Å². The molecule has 22 aromatic rings. The quantitative estimate of drug-likeness (QED) is 0.145. The molecule has 15 aromatic carbocycles. The minimum absolute atomic E-state index is 0.595. The number of para-hydroxylation sites is 8. The Morgan fingerprint density at radius 3 is 0.692 bits per heavy atom. The van der Waals surface area contributed by atoms with E-state index in [-0.39, 0.29) is 0 Å². The second-order valence-corrected chi connectivity index (χ2v) is 27.3. The van der Waals surface area contributed by atoms with E-state index in [0.717, 1.165) is 111 Å². The molecule has 482 valence electrons. The molecule has 0 aliphatic rings. The summed E-state index contributed by atoms with van der Waals surface area (Å²) in [6, 6.07) is 126. The number of aromatic nitrogens is 7. The number of hydrogen-bond donors (Lipinski definition) is 0. The highest BCUT2D eigenvalue weighted by Crippen LogP contribution is 2.45. The zero-order valence-electron chi connectivity index (χ0n) is 56.1. The van der Waals surface area contributed by atoms with Crippen LogP contribution >= 0.6 is 0 Å². The monoisotopic (exact) mass is 1320 g/mol. The Labute approximate surface area is 596 Å². The topological polar surface area (TPSA) is 66.3 Å². The van der Waals surface area contributed by atoms with Crippen LogP contribution < -0.4 is 0 Å². The van der Waals surface area contributed by atoms with Gasteiger partial charge in [0.1, 0.15) is 6.07 Å². The fourth-order valence-corrected chi connectivity index (χ4v) is 17.4. The first-order valence-electron chi connectivity index (χ1n) is 35.4.